The zero-order chi connectivity index (χ0) is 21.3. The van der Waals surface area contributed by atoms with Crippen molar-refractivity contribution in [2.45, 2.75) is 39.3 Å². The van der Waals surface area contributed by atoms with E-state index in [4.69, 9.17) is 4.74 Å². The Morgan fingerprint density at radius 3 is 2.67 bits per heavy atom. The first-order chi connectivity index (χ1) is 14.3. The summed E-state index contributed by atoms with van der Waals surface area (Å²) in [5.74, 6) is -0.288. The quantitative estimate of drug-likeness (QED) is 0.629. The summed E-state index contributed by atoms with van der Waals surface area (Å²) in [6, 6.07) is 9.75. The number of ether oxygens (including phenoxy) is 1. The highest BCUT2D eigenvalue weighted by Gasteiger charge is 2.28. The lowest BCUT2D eigenvalue weighted by Crippen LogP contribution is -2.39. The first kappa shape index (κ1) is 20.5. The Kier molecular flexibility index (Phi) is 5.57. The fourth-order valence-electron chi connectivity index (χ4n) is 2.98. The van der Waals surface area contributed by atoms with Gasteiger partial charge < -0.3 is 9.64 Å². The molecule has 1 aliphatic rings. The second-order valence-electron chi connectivity index (χ2n) is 7.90. The molecule has 0 saturated heterocycles. The van der Waals surface area contributed by atoms with Gasteiger partial charge in [-0.05, 0) is 20.8 Å². The van der Waals surface area contributed by atoms with Crippen LogP contribution in [0.3, 0.4) is 0 Å². The topological polar surface area (TPSA) is 84.4 Å². The fraction of sp³-hybridized carbons (Fsp3) is 0.333. The predicted molar refractivity (Wildman–Crippen MR) is 118 cm³/mol. The van der Waals surface area contributed by atoms with Crippen LogP contribution >= 0.6 is 22.7 Å². The van der Waals surface area contributed by atoms with Crippen molar-refractivity contribution in [2.24, 2.45) is 0 Å². The minimum Gasteiger partial charge on any atom is -0.444 e. The van der Waals surface area contributed by atoms with Gasteiger partial charge in [-0.1, -0.05) is 41.7 Å². The number of rotatable bonds is 3. The number of fused-ring (bicyclic) bond motifs is 1. The number of carbonyl (C=O) groups excluding carboxylic acids is 2. The Hall–Kier alpha value is -2.78. The van der Waals surface area contributed by atoms with Gasteiger partial charge in [0.25, 0.3) is 5.91 Å². The lowest BCUT2D eigenvalue weighted by atomic mass is 10.2. The van der Waals surface area contributed by atoms with Gasteiger partial charge in [0.15, 0.2) is 5.13 Å². The number of thiazole rings is 2. The van der Waals surface area contributed by atoms with Gasteiger partial charge in [-0.2, -0.15) is 0 Å². The standard InChI is InChI=1S/C21H22N4O3S2/c1-21(2,3)28-20(27)25-10-9-14-16(11-25)30-19(23-14)24-17(26)15-12-29-18(22-15)13-7-5-4-6-8-13/h4-8,12H,9-11H2,1-3H3,(H,23,24,26). The van der Waals surface area contributed by atoms with Crippen LogP contribution in [0.15, 0.2) is 35.7 Å². The first-order valence-corrected chi connectivity index (χ1v) is 11.3. The van der Waals surface area contributed by atoms with Crippen LogP contribution in [0.1, 0.15) is 41.8 Å². The van der Waals surface area contributed by atoms with Crippen LogP contribution in [0.2, 0.25) is 0 Å². The van der Waals surface area contributed by atoms with E-state index in [1.807, 2.05) is 51.1 Å². The maximum absolute atomic E-state index is 12.6. The highest BCUT2D eigenvalue weighted by molar-refractivity contribution is 7.16. The smallest absolute Gasteiger partial charge is 0.410 e. The average molecular weight is 443 g/mol. The molecule has 0 unspecified atom stereocenters. The van der Waals surface area contributed by atoms with E-state index in [-0.39, 0.29) is 12.0 Å². The zero-order valence-corrected chi connectivity index (χ0v) is 18.6. The lowest BCUT2D eigenvalue weighted by Gasteiger charge is -2.29. The van der Waals surface area contributed by atoms with Crippen molar-refractivity contribution >= 4 is 39.8 Å². The molecule has 0 saturated carbocycles. The highest BCUT2D eigenvalue weighted by atomic mass is 32.1. The van der Waals surface area contributed by atoms with Crippen molar-refractivity contribution in [2.75, 3.05) is 11.9 Å². The minimum absolute atomic E-state index is 0.288. The molecule has 7 nitrogen and oxygen atoms in total. The van der Waals surface area contributed by atoms with Gasteiger partial charge >= 0.3 is 6.09 Å². The summed E-state index contributed by atoms with van der Waals surface area (Å²) >= 11 is 2.81. The number of benzene rings is 1. The number of hydrogen-bond acceptors (Lipinski definition) is 7. The number of amides is 2. The van der Waals surface area contributed by atoms with Crippen LogP contribution < -0.4 is 5.32 Å². The van der Waals surface area contributed by atoms with Gasteiger partial charge in [-0.3, -0.25) is 10.1 Å². The monoisotopic (exact) mass is 442 g/mol. The molecule has 0 bridgehead atoms. The first-order valence-electron chi connectivity index (χ1n) is 9.57. The molecule has 1 aliphatic heterocycles. The zero-order valence-electron chi connectivity index (χ0n) is 17.0. The van der Waals surface area contributed by atoms with Gasteiger partial charge in [0.1, 0.15) is 16.3 Å². The van der Waals surface area contributed by atoms with E-state index in [9.17, 15) is 9.59 Å². The Balaban J connectivity index is 1.42. The molecular weight excluding hydrogens is 420 g/mol. The van der Waals surface area contributed by atoms with Crippen molar-refractivity contribution in [1.29, 1.82) is 0 Å². The fourth-order valence-corrected chi connectivity index (χ4v) is 4.81. The molecule has 3 heterocycles. The molecule has 2 amide bonds. The summed E-state index contributed by atoms with van der Waals surface area (Å²) in [6.07, 6.45) is 0.304. The van der Waals surface area contributed by atoms with Crippen molar-refractivity contribution in [1.82, 2.24) is 14.9 Å². The van der Waals surface area contributed by atoms with E-state index >= 15 is 0 Å². The van der Waals surface area contributed by atoms with Crippen molar-refractivity contribution < 1.29 is 14.3 Å². The summed E-state index contributed by atoms with van der Waals surface area (Å²) in [5.41, 5.74) is 1.73. The molecule has 0 aliphatic carbocycles. The van der Waals surface area contributed by atoms with Crippen LogP contribution in [0.25, 0.3) is 10.6 Å². The third kappa shape index (κ3) is 4.68. The molecule has 2 aromatic heterocycles. The van der Waals surface area contributed by atoms with E-state index in [2.05, 4.69) is 15.3 Å². The summed E-state index contributed by atoms with van der Waals surface area (Å²) in [4.78, 5) is 36.5. The minimum atomic E-state index is -0.531. The van der Waals surface area contributed by atoms with Crippen LogP contribution in [0.5, 0.6) is 0 Å². The number of hydrogen-bond donors (Lipinski definition) is 1. The molecule has 3 aromatic rings. The number of nitrogens with one attached hydrogen (secondary N) is 1. The van der Waals surface area contributed by atoms with Crippen LogP contribution in [0, 0.1) is 0 Å². The number of anilines is 1. The second kappa shape index (κ2) is 8.16. The largest absolute Gasteiger partial charge is 0.444 e. The van der Waals surface area contributed by atoms with Gasteiger partial charge in [-0.25, -0.2) is 14.8 Å². The molecule has 0 atom stereocenters. The van der Waals surface area contributed by atoms with Gasteiger partial charge in [0.2, 0.25) is 0 Å². The molecule has 0 spiro atoms. The number of carbonyl (C=O) groups is 2. The maximum atomic E-state index is 12.6. The molecule has 0 fully saturated rings. The molecular formula is C21H22N4O3S2. The normalized spacial score (nSPS) is 13.6. The molecule has 4 rings (SSSR count). The lowest BCUT2D eigenvalue weighted by molar-refractivity contribution is 0.0225. The van der Waals surface area contributed by atoms with E-state index in [1.165, 1.54) is 22.7 Å². The third-order valence-electron chi connectivity index (χ3n) is 4.36. The third-order valence-corrected chi connectivity index (χ3v) is 6.25. The Bertz CT molecular complexity index is 1070. The van der Waals surface area contributed by atoms with E-state index in [1.54, 1.807) is 10.3 Å². The van der Waals surface area contributed by atoms with Crippen LogP contribution in [-0.4, -0.2) is 39.0 Å². The second-order valence-corrected chi connectivity index (χ2v) is 9.84. The Labute approximate surface area is 182 Å². The molecule has 9 heteroatoms. The van der Waals surface area contributed by atoms with Crippen LogP contribution in [0.4, 0.5) is 9.93 Å². The van der Waals surface area contributed by atoms with Crippen LogP contribution in [-0.2, 0) is 17.7 Å². The van der Waals surface area contributed by atoms with Gasteiger partial charge in [-0.15, -0.1) is 11.3 Å². The Morgan fingerprint density at radius 2 is 1.93 bits per heavy atom. The van der Waals surface area contributed by atoms with Crippen molar-refractivity contribution in [3.63, 3.8) is 0 Å². The average Bonchev–Trinajstić information content (AvgIpc) is 3.33. The summed E-state index contributed by atoms with van der Waals surface area (Å²) < 4.78 is 5.45. The van der Waals surface area contributed by atoms with Gasteiger partial charge in [0, 0.05) is 28.8 Å². The van der Waals surface area contributed by atoms with Gasteiger partial charge in [0.05, 0.1) is 12.2 Å². The van der Waals surface area contributed by atoms with Crippen molar-refractivity contribution in [3.05, 3.63) is 52.0 Å². The SMILES string of the molecule is CC(C)(C)OC(=O)N1CCc2nc(NC(=O)c3csc(-c4ccccc4)n3)sc2C1. The molecule has 156 valence electrons. The molecule has 1 N–H and O–H groups in total. The van der Waals surface area contributed by atoms with E-state index in [0.717, 1.165) is 21.1 Å². The maximum Gasteiger partial charge on any atom is 0.410 e. The molecule has 1 aromatic carbocycles. The molecule has 30 heavy (non-hydrogen) atoms. The number of nitrogens with zero attached hydrogens (tertiary/aromatic N) is 3. The number of aromatic nitrogens is 2. The Morgan fingerprint density at radius 1 is 1.17 bits per heavy atom. The summed E-state index contributed by atoms with van der Waals surface area (Å²) in [5, 5.41) is 5.90. The van der Waals surface area contributed by atoms with Crippen molar-refractivity contribution in [3.8, 4) is 10.6 Å². The molecule has 0 radical (unpaired) electrons. The predicted octanol–water partition coefficient (Wildman–Crippen LogP) is 4.81. The summed E-state index contributed by atoms with van der Waals surface area (Å²) in [6.45, 7) is 6.53. The van der Waals surface area contributed by atoms with E-state index < -0.39 is 5.60 Å². The highest BCUT2D eigenvalue weighted by Crippen LogP contribution is 2.30. The summed E-state index contributed by atoms with van der Waals surface area (Å²) in [7, 11) is 0. The van der Waals surface area contributed by atoms with E-state index in [0.29, 0.717) is 30.3 Å².